The molecule has 2 aliphatic heterocycles. The number of nitrogens with zero attached hydrogens (tertiary/aromatic N) is 4. The molecule has 4 rings (SSSR count). The second-order valence-corrected chi connectivity index (χ2v) is 8.13. The van der Waals surface area contributed by atoms with E-state index >= 15 is 0 Å². The fraction of sp³-hybridized carbons (Fsp3) is 0.692. The number of hydrogen-bond acceptors (Lipinski definition) is 5. The lowest BCUT2D eigenvalue weighted by atomic mass is 10.1. The van der Waals surface area contributed by atoms with Crippen molar-refractivity contribution < 1.29 is 12.8 Å². The van der Waals surface area contributed by atoms with Gasteiger partial charge in [0.2, 0.25) is 16.0 Å². The number of sulfonamides is 1. The molecule has 2 atom stereocenters. The number of hydrogen-bond donors (Lipinski definition) is 0. The molecule has 1 saturated carbocycles. The van der Waals surface area contributed by atoms with E-state index in [-0.39, 0.29) is 17.3 Å². The molecule has 1 aliphatic carbocycles. The Kier molecular flexibility index (Phi) is 2.94. The molecular formula is C13H17FN4O2S. The van der Waals surface area contributed by atoms with Crippen LogP contribution in [0.2, 0.25) is 0 Å². The maximum absolute atomic E-state index is 12.9. The minimum atomic E-state index is -3.13. The van der Waals surface area contributed by atoms with E-state index in [1.807, 2.05) is 4.90 Å². The SMILES string of the molecule is O=S(=O)(C1CC1)N1CC[C@@H]2[C@@H]1CCN2c1ncc(F)cn1. The summed E-state index contributed by atoms with van der Waals surface area (Å²) in [6, 6.07) is 0.133. The first-order valence-electron chi connectivity index (χ1n) is 7.32. The summed E-state index contributed by atoms with van der Waals surface area (Å²) in [5, 5.41) is -0.160. The number of halogens is 1. The summed E-state index contributed by atoms with van der Waals surface area (Å²) in [4.78, 5) is 10.1. The van der Waals surface area contributed by atoms with Gasteiger partial charge in [0, 0.05) is 25.2 Å². The first-order valence-corrected chi connectivity index (χ1v) is 8.82. The summed E-state index contributed by atoms with van der Waals surface area (Å²) in [5.41, 5.74) is 0. The lowest BCUT2D eigenvalue weighted by Gasteiger charge is -2.25. The molecule has 1 aromatic heterocycles. The van der Waals surface area contributed by atoms with E-state index in [0.29, 0.717) is 12.5 Å². The monoisotopic (exact) mass is 312 g/mol. The van der Waals surface area contributed by atoms with E-state index in [1.54, 1.807) is 4.31 Å². The van der Waals surface area contributed by atoms with Gasteiger partial charge >= 0.3 is 0 Å². The highest BCUT2D eigenvalue weighted by molar-refractivity contribution is 7.90. The molecule has 3 aliphatic rings. The maximum atomic E-state index is 12.9. The molecule has 0 radical (unpaired) electrons. The van der Waals surface area contributed by atoms with E-state index in [1.165, 1.54) is 0 Å². The highest BCUT2D eigenvalue weighted by Gasteiger charge is 2.51. The molecule has 114 valence electrons. The Hall–Kier alpha value is -1.28. The Bertz CT molecular complexity index is 647. The third kappa shape index (κ3) is 2.12. The van der Waals surface area contributed by atoms with Gasteiger partial charge in [-0.1, -0.05) is 0 Å². The van der Waals surface area contributed by atoms with Crippen LogP contribution < -0.4 is 4.90 Å². The summed E-state index contributed by atoms with van der Waals surface area (Å²) < 4.78 is 39.5. The van der Waals surface area contributed by atoms with E-state index in [2.05, 4.69) is 9.97 Å². The molecule has 0 spiro atoms. The van der Waals surface area contributed by atoms with Gasteiger partial charge in [0.25, 0.3) is 0 Å². The van der Waals surface area contributed by atoms with Crippen molar-refractivity contribution in [3.05, 3.63) is 18.2 Å². The lowest BCUT2D eigenvalue weighted by Crippen LogP contribution is -2.41. The summed E-state index contributed by atoms with van der Waals surface area (Å²) >= 11 is 0. The third-order valence-electron chi connectivity index (χ3n) is 4.66. The largest absolute Gasteiger partial charge is 0.336 e. The van der Waals surface area contributed by atoms with Gasteiger partial charge in [0.15, 0.2) is 5.82 Å². The molecule has 3 fully saturated rings. The van der Waals surface area contributed by atoms with Crippen LogP contribution in [0.25, 0.3) is 0 Å². The first kappa shape index (κ1) is 13.4. The van der Waals surface area contributed by atoms with E-state index in [4.69, 9.17) is 0 Å². The van der Waals surface area contributed by atoms with Gasteiger partial charge < -0.3 is 4.90 Å². The fourth-order valence-corrected chi connectivity index (χ4v) is 5.62. The average molecular weight is 312 g/mol. The Balaban J connectivity index is 1.57. The average Bonchev–Trinajstić information content (AvgIpc) is 3.11. The van der Waals surface area contributed by atoms with Crippen LogP contribution in [-0.2, 0) is 10.0 Å². The van der Waals surface area contributed by atoms with Crippen molar-refractivity contribution in [3.63, 3.8) is 0 Å². The van der Waals surface area contributed by atoms with Crippen LogP contribution >= 0.6 is 0 Å². The van der Waals surface area contributed by atoms with Gasteiger partial charge in [-0.3, -0.25) is 0 Å². The van der Waals surface area contributed by atoms with Crippen LogP contribution in [-0.4, -0.2) is 53.1 Å². The smallest absolute Gasteiger partial charge is 0.225 e. The number of aromatic nitrogens is 2. The maximum Gasteiger partial charge on any atom is 0.225 e. The quantitative estimate of drug-likeness (QED) is 0.824. The van der Waals surface area contributed by atoms with E-state index < -0.39 is 15.8 Å². The molecule has 0 aromatic carbocycles. The third-order valence-corrected chi connectivity index (χ3v) is 7.08. The van der Waals surface area contributed by atoms with Gasteiger partial charge in [-0.05, 0) is 25.7 Å². The van der Waals surface area contributed by atoms with Crippen molar-refractivity contribution in [2.24, 2.45) is 0 Å². The van der Waals surface area contributed by atoms with Crippen LogP contribution in [0.15, 0.2) is 12.4 Å². The Morgan fingerprint density at radius 3 is 2.38 bits per heavy atom. The molecule has 8 heteroatoms. The number of rotatable bonds is 3. The van der Waals surface area contributed by atoms with Crippen molar-refractivity contribution in [1.29, 1.82) is 0 Å². The van der Waals surface area contributed by atoms with Crippen LogP contribution in [0, 0.1) is 5.82 Å². The van der Waals surface area contributed by atoms with Gasteiger partial charge in [0.05, 0.1) is 17.6 Å². The van der Waals surface area contributed by atoms with Crippen molar-refractivity contribution in [2.75, 3.05) is 18.0 Å². The second kappa shape index (κ2) is 4.61. The minimum Gasteiger partial charge on any atom is -0.336 e. The summed E-state index contributed by atoms with van der Waals surface area (Å²) in [6.45, 7) is 1.30. The molecule has 3 heterocycles. The Morgan fingerprint density at radius 2 is 1.71 bits per heavy atom. The van der Waals surface area contributed by atoms with Crippen LogP contribution in [0.3, 0.4) is 0 Å². The lowest BCUT2D eigenvalue weighted by molar-refractivity contribution is 0.387. The van der Waals surface area contributed by atoms with E-state index in [0.717, 1.165) is 44.6 Å². The zero-order valence-electron chi connectivity index (χ0n) is 11.5. The molecule has 2 saturated heterocycles. The van der Waals surface area contributed by atoms with E-state index in [9.17, 15) is 12.8 Å². The Labute approximate surface area is 123 Å². The van der Waals surface area contributed by atoms with Crippen molar-refractivity contribution in [3.8, 4) is 0 Å². The topological polar surface area (TPSA) is 66.4 Å². The predicted molar refractivity (Wildman–Crippen MR) is 74.8 cm³/mol. The highest BCUT2D eigenvalue weighted by Crippen LogP contribution is 2.40. The minimum absolute atomic E-state index is 0.0178. The number of anilines is 1. The second-order valence-electron chi connectivity index (χ2n) is 5.96. The molecule has 0 N–H and O–H groups in total. The zero-order valence-corrected chi connectivity index (χ0v) is 12.3. The molecule has 0 amide bonds. The number of fused-ring (bicyclic) bond motifs is 1. The fourth-order valence-electron chi connectivity index (χ4n) is 3.52. The van der Waals surface area contributed by atoms with Crippen molar-refractivity contribution >= 4 is 16.0 Å². The molecule has 21 heavy (non-hydrogen) atoms. The van der Waals surface area contributed by atoms with Gasteiger partial charge in [-0.2, -0.15) is 4.31 Å². The Morgan fingerprint density at radius 1 is 1.05 bits per heavy atom. The highest BCUT2D eigenvalue weighted by atomic mass is 32.2. The van der Waals surface area contributed by atoms with Crippen molar-refractivity contribution in [2.45, 2.75) is 43.0 Å². The molecule has 0 bridgehead atoms. The standard InChI is InChI=1S/C13H17FN4O2S/c14-9-7-15-13(16-8-9)17-5-3-12-11(17)4-6-18(12)21(19,20)10-1-2-10/h7-8,10-12H,1-6H2/t11-,12+/m1/s1. The van der Waals surface area contributed by atoms with Gasteiger partial charge in [-0.15, -0.1) is 0 Å². The molecular weight excluding hydrogens is 295 g/mol. The first-order chi connectivity index (χ1) is 10.1. The van der Waals surface area contributed by atoms with Gasteiger partial charge in [0.1, 0.15) is 0 Å². The molecule has 6 nitrogen and oxygen atoms in total. The summed E-state index contributed by atoms with van der Waals surface area (Å²) in [6.07, 6.45) is 5.48. The summed E-state index contributed by atoms with van der Waals surface area (Å²) in [5.74, 6) is 0.0356. The van der Waals surface area contributed by atoms with Crippen LogP contribution in [0.4, 0.5) is 10.3 Å². The predicted octanol–water partition coefficient (Wildman–Crippen LogP) is 0.761. The molecule has 0 unspecified atom stereocenters. The zero-order chi connectivity index (χ0) is 14.6. The van der Waals surface area contributed by atoms with Gasteiger partial charge in [-0.25, -0.2) is 22.8 Å². The van der Waals surface area contributed by atoms with Crippen LogP contribution in [0.1, 0.15) is 25.7 Å². The van der Waals surface area contributed by atoms with Crippen LogP contribution in [0.5, 0.6) is 0 Å². The van der Waals surface area contributed by atoms with Crippen molar-refractivity contribution in [1.82, 2.24) is 14.3 Å². The summed E-state index contributed by atoms with van der Waals surface area (Å²) in [7, 11) is -3.13. The normalized spacial score (nSPS) is 29.9. The molecule has 1 aromatic rings.